The van der Waals surface area contributed by atoms with E-state index in [1.165, 1.54) is 7.05 Å². The molecule has 0 saturated heterocycles. The van der Waals surface area contributed by atoms with Crippen LogP contribution in [0.4, 0.5) is 13.2 Å². The summed E-state index contributed by atoms with van der Waals surface area (Å²) in [5.41, 5.74) is 1.21. The molecule has 144 valence electrons. The number of rotatable bonds is 4. The normalized spacial score (nSPS) is 13.9. The summed E-state index contributed by atoms with van der Waals surface area (Å²) in [4.78, 5) is 0. The maximum absolute atomic E-state index is 13.2. The van der Waals surface area contributed by atoms with E-state index in [-0.39, 0.29) is 10.3 Å². The van der Waals surface area contributed by atoms with Gasteiger partial charge < -0.3 is 0 Å². The maximum Gasteiger partial charge on any atom is 0.434 e. The van der Waals surface area contributed by atoms with E-state index >= 15 is 0 Å². The molecule has 0 spiro atoms. The van der Waals surface area contributed by atoms with E-state index in [0.29, 0.717) is 22.6 Å². The Morgan fingerprint density at radius 3 is 2.35 bits per heavy atom. The fourth-order valence-corrected chi connectivity index (χ4v) is 4.24. The molecular weight excluding hydrogens is 471 g/mol. The van der Waals surface area contributed by atoms with Gasteiger partial charge in [-0.25, -0.2) is 0 Å². The SMILES string of the molecule is C=P(C)(C)C(Br)Cc1cc(-c2nn(C)c(C(F)(F)F)c2Cl)c(C)cc1Cl. The van der Waals surface area contributed by atoms with Gasteiger partial charge in [0.2, 0.25) is 0 Å². The summed E-state index contributed by atoms with van der Waals surface area (Å²) in [5.74, 6) is 0. The molecule has 1 aromatic carbocycles. The van der Waals surface area contributed by atoms with Gasteiger partial charge in [0.15, 0.2) is 5.69 Å². The third-order valence-corrected chi connectivity index (χ3v) is 10.1. The zero-order valence-electron chi connectivity index (χ0n) is 14.8. The molecule has 0 aliphatic rings. The topological polar surface area (TPSA) is 17.8 Å². The molecular formula is C17H19BrCl2F3N2P. The predicted octanol–water partition coefficient (Wildman–Crippen LogP) is 6.69. The van der Waals surface area contributed by atoms with E-state index < -0.39 is 23.8 Å². The zero-order valence-corrected chi connectivity index (χ0v) is 18.7. The van der Waals surface area contributed by atoms with Crippen LogP contribution >= 0.6 is 46.0 Å². The standard InChI is InChI=1S/C17H19BrCl2F3N2P/c1-9-6-12(19)10(8-13(18)26(3,4)5)7-11(9)15-14(20)16(17(21,22)23)25(2)24-15/h6-7,13H,3,8H2,1-2,4-5H3. The number of alkyl halides is 4. The van der Waals surface area contributed by atoms with Crippen molar-refractivity contribution in [1.82, 2.24) is 9.78 Å². The highest BCUT2D eigenvalue weighted by Crippen LogP contribution is 2.48. The van der Waals surface area contributed by atoms with E-state index in [4.69, 9.17) is 23.2 Å². The van der Waals surface area contributed by atoms with Crippen molar-refractivity contribution in [2.24, 2.45) is 7.05 Å². The Balaban J connectivity index is 2.59. The second-order valence-corrected chi connectivity index (χ2v) is 13.6. The first-order valence-corrected chi connectivity index (χ1v) is 12.3. The lowest BCUT2D eigenvalue weighted by molar-refractivity contribution is -0.143. The van der Waals surface area contributed by atoms with Crippen LogP contribution in [0.2, 0.25) is 10.0 Å². The lowest BCUT2D eigenvalue weighted by Gasteiger charge is -2.21. The summed E-state index contributed by atoms with van der Waals surface area (Å²) in [5, 5.41) is 4.17. The fourth-order valence-electron chi connectivity index (χ4n) is 2.54. The molecule has 9 heteroatoms. The minimum atomic E-state index is -4.58. The second kappa shape index (κ2) is 7.54. The molecule has 0 fully saturated rings. The van der Waals surface area contributed by atoms with Crippen molar-refractivity contribution in [3.8, 4) is 11.3 Å². The van der Waals surface area contributed by atoms with Crippen LogP contribution in [-0.2, 0) is 19.6 Å². The lowest BCUT2D eigenvalue weighted by Crippen LogP contribution is -2.12. The van der Waals surface area contributed by atoms with Crippen LogP contribution in [0.1, 0.15) is 16.8 Å². The van der Waals surface area contributed by atoms with Crippen LogP contribution in [0.25, 0.3) is 11.3 Å². The van der Waals surface area contributed by atoms with Crippen molar-refractivity contribution in [2.45, 2.75) is 24.1 Å². The van der Waals surface area contributed by atoms with Crippen molar-refractivity contribution in [2.75, 3.05) is 13.3 Å². The number of aryl methyl sites for hydroxylation is 2. The van der Waals surface area contributed by atoms with Gasteiger partial charge in [-0.05, 0) is 49.9 Å². The molecule has 1 atom stereocenters. The number of hydrogen-bond donors (Lipinski definition) is 0. The van der Waals surface area contributed by atoms with Crippen LogP contribution in [0, 0.1) is 6.92 Å². The summed E-state index contributed by atoms with van der Waals surface area (Å²) in [6.07, 6.45) is 0.248. The Bertz CT molecular complexity index is 887. The number of nitrogens with zero attached hydrogens (tertiary/aromatic N) is 2. The van der Waals surface area contributed by atoms with Gasteiger partial charge in [-0.1, -0.05) is 39.1 Å². The van der Waals surface area contributed by atoms with Gasteiger partial charge in [-0.15, -0.1) is 13.2 Å². The van der Waals surface area contributed by atoms with Gasteiger partial charge >= 0.3 is 6.18 Å². The molecule has 1 aromatic heterocycles. The van der Waals surface area contributed by atoms with Gasteiger partial charge in [0.25, 0.3) is 0 Å². The molecule has 0 N–H and O–H groups in total. The molecule has 0 aliphatic carbocycles. The molecule has 0 bridgehead atoms. The van der Waals surface area contributed by atoms with E-state index in [0.717, 1.165) is 10.2 Å². The quantitative estimate of drug-likeness (QED) is 0.345. The maximum atomic E-state index is 13.2. The van der Waals surface area contributed by atoms with Gasteiger partial charge in [-0.2, -0.15) is 18.3 Å². The Morgan fingerprint density at radius 2 is 1.88 bits per heavy atom. The summed E-state index contributed by atoms with van der Waals surface area (Å²) < 4.78 is 40.5. The minimum Gasteiger partial charge on any atom is -0.262 e. The summed E-state index contributed by atoms with van der Waals surface area (Å²) in [6.45, 7) is 4.55. The Labute approximate surface area is 169 Å². The zero-order chi connectivity index (χ0) is 20.0. The van der Waals surface area contributed by atoms with Crippen molar-refractivity contribution in [3.63, 3.8) is 0 Å². The summed E-state index contributed by atoms with van der Waals surface area (Å²) in [6, 6.07) is 3.51. The van der Waals surface area contributed by atoms with Gasteiger partial charge in [0.1, 0.15) is 5.69 Å². The molecule has 1 heterocycles. The number of hydrogen-bond acceptors (Lipinski definition) is 1. The molecule has 2 rings (SSSR count). The van der Waals surface area contributed by atoms with Crippen LogP contribution in [0.3, 0.4) is 0 Å². The van der Waals surface area contributed by atoms with Crippen molar-refractivity contribution >= 4 is 52.3 Å². The van der Waals surface area contributed by atoms with E-state index in [1.54, 1.807) is 19.1 Å². The van der Waals surface area contributed by atoms with Crippen LogP contribution in [0.15, 0.2) is 12.1 Å². The largest absolute Gasteiger partial charge is 0.434 e. The van der Waals surface area contributed by atoms with Crippen molar-refractivity contribution < 1.29 is 13.2 Å². The first-order valence-electron chi connectivity index (χ1n) is 7.64. The Morgan fingerprint density at radius 1 is 1.31 bits per heavy atom. The van der Waals surface area contributed by atoms with Gasteiger partial charge in [0.05, 0.1) is 5.02 Å². The third kappa shape index (κ3) is 4.52. The monoisotopic (exact) mass is 488 g/mol. The minimum absolute atomic E-state index is 0.103. The average molecular weight is 490 g/mol. The van der Waals surface area contributed by atoms with Crippen LogP contribution < -0.4 is 0 Å². The van der Waals surface area contributed by atoms with Crippen molar-refractivity contribution in [3.05, 3.63) is 39.0 Å². The Kier molecular flexibility index (Phi) is 6.34. The molecule has 0 aliphatic heterocycles. The van der Waals surface area contributed by atoms with E-state index in [2.05, 4.69) is 40.7 Å². The Hall–Kier alpha value is -0.420. The molecule has 0 amide bonds. The second-order valence-electron chi connectivity index (χ2n) is 6.81. The fraction of sp³-hybridized carbons (Fsp3) is 0.412. The first-order chi connectivity index (χ1) is 11.7. The predicted molar refractivity (Wildman–Crippen MR) is 111 cm³/mol. The molecule has 26 heavy (non-hydrogen) atoms. The number of aromatic nitrogens is 2. The average Bonchev–Trinajstić information content (AvgIpc) is 2.75. The smallest absolute Gasteiger partial charge is 0.262 e. The highest BCUT2D eigenvalue weighted by atomic mass is 79.9. The number of benzene rings is 1. The molecule has 1 unspecified atom stereocenters. The van der Waals surface area contributed by atoms with Gasteiger partial charge in [-0.3, -0.25) is 4.68 Å². The first kappa shape index (κ1) is 21.9. The summed E-state index contributed by atoms with van der Waals surface area (Å²) in [7, 11) is 1.23. The van der Waals surface area contributed by atoms with Crippen molar-refractivity contribution in [1.29, 1.82) is 0 Å². The summed E-state index contributed by atoms with van der Waals surface area (Å²) >= 11 is 16.1. The van der Waals surface area contributed by atoms with E-state index in [9.17, 15) is 13.2 Å². The lowest BCUT2D eigenvalue weighted by atomic mass is 10.0. The molecule has 2 nitrogen and oxygen atoms in total. The third-order valence-electron chi connectivity index (χ3n) is 4.05. The van der Waals surface area contributed by atoms with Crippen LogP contribution in [-0.4, -0.2) is 34.0 Å². The highest BCUT2D eigenvalue weighted by Gasteiger charge is 2.39. The number of halogens is 6. The van der Waals surface area contributed by atoms with Crippen LogP contribution in [0.5, 0.6) is 0 Å². The molecule has 2 aromatic rings. The molecule has 0 radical (unpaired) electrons. The molecule has 0 saturated carbocycles. The van der Waals surface area contributed by atoms with Gasteiger partial charge in [0, 0.05) is 22.2 Å². The highest BCUT2D eigenvalue weighted by molar-refractivity contribution is 9.10. The van der Waals surface area contributed by atoms with E-state index in [1.807, 2.05) is 0 Å².